The van der Waals surface area contributed by atoms with E-state index < -0.39 is 0 Å². The van der Waals surface area contributed by atoms with Gasteiger partial charge in [-0.25, -0.2) is 0 Å². The van der Waals surface area contributed by atoms with Gasteiger partial charge in [-0.2, -0.15) is 0 Å². The molecule has 4 N–H and O–H groups in total. The highest BCUT2D eigenvalue weighted by Crippen LogP contribution is 2.48. The standard InChI is InChI=1S/C12H20N2O4/c1-15-9-7(5-13)11(17-3)12(18-4)8(6-14)10(9)16-2/h5-6,13-14H2,1-4H3. The van der Waals surface area contributed by atoms with Crippen LogP contribution in [0.15, 0.2) is 0 Å². The van der Waals surface area contributed by atoms with Gasteiger partial charge in [-0.05, 0) is 0 Å². The summed E-state index contributed by atoms with van der Waals surface area (Å²) in [5, 5.41) is 0. The zero-order chi connectivity index (χ0) is 13.7. The van der Waals surface area contributed by atoms with E-state index in [1.54, 1.807) is 28.4 Å². The van der Waals surface area contributed by atoms with Crippen LogP contribution in [0.25, 0.3) is 0 Å². The second-order valence-corrected chi connectivity index (χ2v) is 3.50. The topological polar surface area (TPSA) is 89.0 Å². The van der Waals surface area contributed by atoms with Crippen molar-refractivity contribution in [3.63, 3.8) is 0 Å². The van der Waals surface area contributed by atoms with E-state index in [2.05, 4.69) is 0 Å². The van der Waals surface area contributed by atoms with Crippen LogP contribution in [-0.2, 0) is 13.1 Å². The van der Waals surface area contributed by atoms with Gasteiger partial charge in [0.1, 0.15) is 0 Å². The van der Waals surface area contributed by atoms with Gasteiger partial charge in [0.25, 0.3) is 0 Å². The third kappa shape index (κ3) is 2.16. The second-order valence-electron chi connectivity index (χ2n) is 3.50. The zero-order valence-corrected chi connectivity index (χ0v) is 11.2. The van der Waals surface area contributed by atoms with E-state index in [1.807, 2.05) is 0 Å². The average Bonchev–Trinajstić information content (AvgIpc) is 2.43. The predicted molar refractivity (Wildman–Crippen MR) is 68.4 cm³/mol. The number of rotatable bonds is 6. The summed E-state index contributed by atoms with van der Waals surface area (Å²) in [5.74, 6) is 2.10. The van der Waals surface area contributed by atoms with Crippen LogP contribution in [0.4, 0.5) is 0 Å². The third-order valence-corrected chi connectivity index (χ3v) is 2.73. The molecule has 0 aromatic heterocycles. The van der Waals surface area contributed by atoms with Crippen molar-refractivity contribution in [3.8, 4) is 23.0 Å². The van der Waals surface area contributed by atoms with Crippen LogP contribution in [0.1, 0.15) is 11.1 Å². The smallest absolute Gasteiger partial charge is 0.169 e. The Morgan fingerprint density at radius 1 is 0.611 bits per heavy atom. The van der Waals surface area contributed by atoms with Gasteiger partial charge in [0.2, 0.25) is 0 Å². The monoisotopic (exact) mass is 256 g/mol. The minimum Gasteiger partial charge on any atom is -0.492 e. The van der Waals surface area contributed by atoms with Gasteiger partial charge in [-0.3, -0.25) is 0 Å². The number of ether oxygens (including phenoxy) is 4. The molecule has 0 bridgehead atoms. The summed E-state index contributed by atoms with van der Waals surface area (Å²) in [5.41, 5.74) is 12.8. The van der Waals surface area contributed by atoms with Crippen LogP contribution in [-0.4, -0.2) is 28.4 Å². The van der Waals surface area contributed by atoms with Gasteiger partial charge in [0.05, 0.1) is 39.6 Å². The molecule has 0 aliphatic heterocycles. The van der Waals surface area contributed by atoms with Crippen LogP contribution >= 0.6 is 0 Å². The van der Waals surface area contributed by atoms with Crippen molar-refractivity contribution in [2.75, 3.05) is 28.4 Å². The number of hydrogen-bond acceptors (Lipinski definition) is 6. The maximum atomic E-state index is 5.74. The van der Waals surface area contributed by atoms with Crippen molar-refractivity contribution in [2.24, 2.45) is 11.5 Å². The molecular weight excluding hydrogens is 236 g/mol. The van der Waals surface area contributed by atoms with Gasteiger partial charge < -0.3 is 30.4 Å². The highest BCUT2D eigenvalue weighted by atomic mass is 16.5. The van der Waals surface area contributed by atoms with E-state index in [0.717, 1.165) is 0 Å². The molecule has 6 heteroatoms. The molecule has 0 fully saturated rings. The van der Waals surface area contributed by atoms with Gasteiger partial charge in [0.15, 0.2) is 23.0 Å². The lowest BCUT2D eigenvalue weighted by Gasteiger charge is -2.21. The highest BCUT2D eigenvalue weighted by molar-refractivity contribution is 5.66. The largest absolute Gasteiger partial charge is 0.492 e. The van der Waals surface area contributed by atoms with E-state index >= 15 is 0 Å². The predicted octanol–water partition coefficient (Wildman–Crippen LogP) is 0.638. The molecule has 0 saturated carbocycles. The molecule has 0 aliphatic rings. The van der Waals surface area contributed by atoms with Crippen molar-refractivity contribution in [1.82, 2.24) is 0 Å². The van der Waals surface area contributed by atoms with E-state index in [-0.39, 0.29) is 13.1 Å². The molecule has 1 aromatic rings. The quantitative estimate of drug-likeness (QED) is 0.776. The SMILES string of the molecule is COc1c(CN)c(OC)c(OC)c(CN)c1OC. The van der Waals surface area contributed by atoms with Gasteiger partial charge >= 0.3 is 0 Å². The molecule has 1 rings (SSSR count). The van der Waals surface area contributed by atoms with E-state index in [9.17, 15) is 0 Å². The Kier molecular flexibility index (Phi) is 5.06. The maximum Gasteiger partial charge on any atom is 0.169 e. The average molecular weight is 256 g/mol. The molecular formula is C12H20N2O4. The minimum absolute atomic E-state index is 0.240. The van der Waals surface area contributed by atoms with E-state index in [0.29, 0.717) is 34.1 Å². The number of methoxy groups -OCH3 is 4. The van der Waals surface area contributed by atoms with Gasteiger partial charge in [0, 0.05) is 13.1 Å². The van der Waals surface area contributed by atoms with Crippen LogP contribution < -0.4 is 30.4 Å². The second kappa shape index (κ2) is 6.32. The molecule has 0 saturated heterocycles. The van der Waals surface area contributed by atoms with Crippen LogP contribution in [0.5, 0.6) is 23.0 Å². The molecule has 18 heavy (non-hydrogen) atoms. The first-order valence-corrected chi connectivity index (χ1v) is 5.47. The molecule has 0 amide bonds. The lowest BCUT2D eigenvalue weighted by Crippen LogP contribution is -2.11. The molecule has 0 radical (unpaired) electrons. The van der Waals surface area contributed by atoms with Crippen molar-refractivity contribution in [1.29, 1.82) is 0 Å². The minimum atomic E-state index is 0.240. The Hall–Kier alpha value is -1.66. The Labute approximate surface area is 107 Å². The number of hydrogen-bond donors (Lipinski definition) is 2. The summed E-state index contributed by atoms with van der Waals surface area (Å²) < 4.78 is 21.4. The Morgan fingerprint density at radius 3 is 0.944 bits per heavy atom. The summed E-state index contributed by atoms with van der Waals surface area (Å²) in [6.07, 6.45) is 0. The lowest BCUT2D eigenvalue weighted by atomic mass is 10.0. The number of benzene rings is 1. The Balaban J connectivity index is 3.71. The van der Waals surface area contributed by atoms with Crippen LogP contribution in [0.2, 0.25) is 0 Å². The van der Waals surface area contributed by atoms with E-state index in [4.69, 9.17) is 30.4 Å². The highest BCUT2D eigenvalue weighted by Gasteiger charge is 2.25. The maximum absolute atomic E-state index is 5.74. The van der Waals surface area contributed by atoms with Crippen molar-refractivity contribution >= 4 is 0 Å². The van der Waals surface area contributed by atoms with Gasteiger partial charge in [-0.15, -0.1) is 0 Å². The zero-order valence-electron chi connectivity index (χ0n) is 11.2. The van der Waals surface area contributed by atoms with Crippen LogP contribution in [0, 0.1) is 0 Å². The number of nitrogens with two attached hydrogens (primary N) is 2. The fourth-order valence-electron chi connectivity index (χ4n) is 1.99. The first-order chi connectivity index (χ1) is 8.69. The van der Waals surface area contributed by atoms with E-state index in [1.165, 1.54) is 0 Å². The molecule has 0 aliphatic carbocycles. The molecule has 0 spiro atoms. The first-order valence-electron chi connectivity index (χ1n) is 5.47. The first kappa shape index (κ1) is 14.4. The lowest BCUT2D eigenvalue weighted by molar-refractivity contribution is 0.318. The molecule has 0 atom stereocenters. The van der Waals surface area contributed by atoms with Crippen LogP contribution in [0.3, 0.4) is 0 Å². The molecule has 0 heterocycles. The van der Waals surface area contributed by atoms with Crippen molar-refractivity contribution in [2.45, 2.75) is 13.1 Å². The summed E-state index contributed by atoms with van der Waals surface area (Å²) in [7, 11) is 6.18. The summed E-state index contributed by atoms with van der Waals surface area (Å²) in [6, 6.07) is 0. The molecule has 1 aromatic carbocycles. The normalized spacial score (nSPS) is 10.1. The summed E-state index contributed by atoms with van der Waals surface area (Å²) in [6.45, 7) is 0.480. The molecule has 102 valence electrons. The summed E-state index contributed by atoms with van der Waals surface area (Å²) >= 11 is 0. The summed E-state index contributed by atoms with van der Waals surface area (Å²) in [4.78, 5) is 0. The molecule has 0 unspecified atom stereocenters. The van der Waals surface area contributed by atoms with Crippen molar-refractivity contribution < 1.29 is 18.9 Å². The fraction of sp³-hybridized carbons (Fsp3) is 0.500. The third-order valence-electron chi connectivity index (χ3n) is 2.73. The Bertz CT molecular complexity index is 301. The Morgan fingerprint density at radius 2 is 0.833 bits per heavy atom. The van der Waals surface area contributed by atoms with Crippen molar-refractivity contribution in [3.05, 3.63) is 11.1 Å². The van der Waals surface area contributed by atoms with Gasteiger partial charge in [-0.1, -0.05) is 0 Å². The fourth-order valence-corrected chi connectivity index (χ4v) is 1.99. The molecule has 6 nitrogen and oxygen atoms in total.